The Balaban J connectivity index is 4.26. The third-order valence-electron chi connectivity index (χ3n) is 17.0. The Morgan fingerprint density at radius 2 is 0.444 bits per heavy atom. The van der Waals surface area contributed by atoms with Crippen LogP contribution in [0, 0.1) is 0 Å². The summed E-state index contributed by atoms with van der Waals surface area (Å²) in [7, 11) is 0. The van der Waals surface area contributed by atoms with Crippen molar-refractivity contribution in [2.75, 3.05) is 13.2 Å². The molecule has 0 amide bonds. The summed E-state index contributed by atoms with van der Waals surface area (Å²) in [5.41, 5.74) is 0. The van der Waals surface area contributed by atoms with E-state index in [0.29, 0.717) is 19.3 Å². The van der Waals surface area contributed by atoms with Crippen LogP contribution in [0.4, 0.5) is 0 Å². The molecule has 0 heterocycles. The molecule has 478 valence electrons. The highest BCUT2D eigenvalue weighted by Gasteiger charge is 2.20. The van der Waals surface area contributed by atoms with Gasteiger partial charge in [-0.05, 0) is 51.4 Å². The first-order chi connectivity index (χ1) is 40.0. The zero-order chi connectivity index (χ0) is 58.5. The van der Waals surface area contributed by atoms with Crippen molar-refractivity contribution in [3.63, 3.8) is 0 Å². The number of esters is 3. The van der Waals surface area contributed by atoms with Crippen molar-refractivity contribution in [2.24, 2.45) is 0 Å². The second kappa shape index (κ2) is 70.4. The first-order valence-corrected chi connectivity index (χ1v) is 36.8. The maximum absolute atomic E-state index is 13.0. The Hall–Kier alpha value is -2.11. The van der Waals surface area contributed by atoms with Crippen molar-refractivity contribution in [3.8, 4) is 0 Å². The molecule has 0 radical (unpaired) electrons. The molecular formula is C75H142O6. The number of ether oxygens (including phenoxy) is 3. The van der Waals surface area contributed by atoms with Crippen LogP contribution in [0.25, 0.3) is 0 Å². The highest BCUT2D eigenvalue weighted by molar-refractivity contribution is 5.71. The van der Waals surface area contributed by atoms with Crippen LogP contribution in [0.2, 0.25) is 0 Å². The number of hydrogen-bond donors (Lipinski definition) is 0. The van der Waals surface area contributed by atoms with Gasteiger partial charge in [-0.3, -0.25) is 14.4 Å². The van der Waals surface area contributed by atoms with Crippen LogP contribution < -0.4 is 0 Å². The lowest BCUT2D eigenvalue weighted by Gasteiger charge is -2.18. The molecule has 0 fully saturated rings. The fraction of sp³-hybridized carbons (Fsp3) is 0.907. The minimum absolute atomic E-state index is 0.0669. The SMILES string of the molecule is CCCCCC/C=C\C/C=C\CCCCCCCCCC(=O)OCC(COC(=O)CCCCCCCCCCCCCCCCCCCCCCCCCCCC)OC(=O)CCCCCCCCCCCCCCCCCCCCC. The fourth-order valence-electron chi connectivity index (χ4n) is 11.4. The number of unbranched alkanes of at least 4 members (excludes halogenated alkanes) is 54. The standard InChI is InChI=1S/C75H142O6/c1-4-7-10-13-16-19-22-25-28-31-34-35-36-37-38-39-40-42-44-47-50-53-56-59-62-65-68-74(77)80-71-72(70-79-73(76)67-64-61-58-55-52-49-46-43-33-30-27-24-21-18-15-12-9-6-3)81-75(78)69-66-63-60-57-54-51-48-45-41-32-29-26-23-20-17-14-11-8-5-2/h21,24,30,33,72H,4-20,22-23,25-29,31-32,34-71H2,1-3H3/b24-21-,33-30-. The van der Waals surface area contributed by atoms with Gasteiger partial charge in [-0.15, -0.1) is 0 Å². The molecule has 0 aromatic carbocycles. The molecule has 1 atom stereocenters. The summed E-state index contributed by atoms with van der Waals surface area (Å²) in [6.07, 6.45) is 86.4. The first-order valence-electron chi connectivity index (χ1n) is 36.8. The summed E-state index contributed by atoms with van der Waals surface area (Å²) < 4.78 is 17.0. The zero-order valence-electron chi connectivity index (χ0n) is 55.1. The van der Waals surface area contributed by atoms with Gasteiger partial charge < -0.3 is 14.2 Å². The predicted molar refractivity (Wildman–Crippen MR) is 353 cm³/mol. The number of allylic oxidation sites excluding steroid dienone is 4. The number of carbonyl (C=O) groups excluding carboxylic acids is 3. The summed E-state index contributed by atoms with van der Waals surface area (Å²) in [6.45, 7) is 6.71. The maximum atomic E-state index is 13.0. The lowest BCUT2D eigenvalue weighted by atomic mass is 10.0. The first kappa shape index (κ1) is 78.9. The molecule has 6 heteroatoms. The van der Waals surface area contributed by atoms with Gasteiger partial charge in [0, 0.05) is 19.3 Å². The van der Waals surface area contributed by atoms with Crippen LogP contribution in [0.3, 0.4) is 0 Å². The number of rotatable bonds is 69. The smallest absolute Gasteiger partial charge is 0.306 e. The summed E-state index contributed by atoms with van der Waals surface area (Å²) in [5.74, 6) is -0.839. The highest BCUT2D eigenvalue weighted by atomic mass is 16.6. The van der Waals surface area contributed by atoms with Gasteiger partial charge in [0.1, 0.15) is 13.2 Å². The molecule has 0 aliphatic carbocycles. The highest BCUT2D eigenvalue weighted by Crippen LogP contribution is 2.19. The Morgan fingerprint density at radius 1 is 0.247 bits per heavy atom. The van der Waals surface area contributed by atoms with Crippen LogP contribution in [0.1, 0.15) is 419 Å². The van der Waals surface area contributed by atoms with Crippen LogP contribution in [-0.4, -0.2) is 37.2 Å². The summed E-state index contributed by atoms with van der Waals surface area (Å²) in [4.78, 5) is 38.5. The molecule has 0 saturated carbocycles. The van der Waals surface area contributed by atoms with Gasteiger partial charge in [-0.2, -0.15) is 0 Å². The van der Waals surface area contributed by atoms with Crippen LogP contribution >= 0.6 is 0 Å². The van der Waals surface area contributed by atoms with Gasteiger partial charge in [0.15, 0.2) is 6.10 Å². The van der Waals surface area contributed by atoms with Crippen molar-refractivity contribution in [3.05, 3.63) is 24.3 Å². The fourth-order valence-corrected chi connectivity index (χ4v) is 11.4. The Bertz CT molecular complexity index is 1310. The zero-order valence-corrected chi connectivity index (χ0v) is 55.1. The molecular weight excluding hydrogens is 997 g/mol. The van der Waals surface area contributed by atoms with Crippen molar-refractivity contribution in [2.45, 2.75) is 425 Å². The molecule has 0 aliphatic heterocycles. The quantitative estimate of drug-likeness (QED) is 0.0261. The van der Waals surface area contributed by atoms with Crippen LogP contribution in [0.5, 0.6) is 0 Å². The van der Waals surface area contributed by atoms with E-state index in [9.17, 15) is 14.4 Å². The molecule has 0 rings (SSSR count). The van der Waals surface area contributed by atoms with E-state index in [1.807, 2.05) is 0 Å². The molecule has 0 aromatic rings. The van der Waals surface area contributed by atoms with Gasteiger partial charge in [0.25, 0.3) is 0 Å². The average molecular weight is 1140 g/mol. The number of carbonyl (C=O) groups is 3. The van der Waals surface area contributed by atoms with E-state index in [4.69, 9.17) is 14.2 Å². The maximum Gasteiger partial charge on any atom is 0.306 e. The molecule has 0 saturated heterocycles. The predicted octanol–water partition coefficient (Wildman–Crippen LogP) is 25.3. The van der Waals surface area contributed by atoms with Gasteiger partial charge >= 0.3 is 17.9 Å². The van der Waals surface area contributed by atoms with Crippen molar-refractivity contribution < 1.29 is 28.6 Å². The second-order valence-electron chi connectivity index (χ2n) is 25.2. The minimum Gasteiger partial charge on any atom is -0.462 e. The molecule has 0 aliphatic rings. The number of hydrogen-bond acceptors (Lipinski definition) is 6. The van der Waals surface area contributed by atoms with E-state index in [-0.39, 0.29) is 31.1 Å². The third kappa shape index (κ3) is 68.6. The molecule has 1 unspecified atom stereocenters. The van der Waals surface area contributed by atoms with Crippen LogP contribution in [0.15, 0.2) is 24.3 Å². The molecule has 0 N–H and O–H groups in total. The second-order valence-corrected chi connectivity index (χ2v) is 25.2. The molecule has 81 heavy (non-hydrogen) atoms. The largest absolute Gasteiger partial charge is 0.462 e. The van der Waals surface area contributed by atoms with Crippen molar-refractivity contribution >= 4 is 17.9 Å². The molecule has 6 nitrogen and oxygen atoms in total. The molecule has 0 aromatic heterocycles. The molecule has 0 bridgehead atoms. The summed E-state index contributed by atoms with van der Waals surface area (Å²) in [6, 6.07) is 0. The normalized spacial score (nSPS) is 12.1. The van der Waals surface area contributed by atoms with E-state index in [0.717, 1.165) is 70.6 Å². The minimum atomic E-state index is -0.772. The van der Waals surface area contributed by atoms with Gasteiger partial charge in [-0.25, -0.2) is 0 Å². The van der Waals surface area contributed by atoms with Crippen LogP contribution in [-0.2, 0) is 28.6 Å². The summed E-state index contributed by atoms with van der Waals surface area (Å²) >= 11 is 0. The molecule has 0 spiro atoms. The van der Waals surface area contributed by atoms with E-state index in [1.165, 1.54) is 308 Å². The Kier molecular flexibility index (Phi) is 68.5. The lowest BCUT2D eigenvalue weighted by Crippen LogP contribution is -2.30. The van der Waals surface area contributed by atoms with Crippen molar-refractivity contribution in [1.82, 2.24) is 0 Å². The summed E-state index contributed by atoms with van der Waals surface area (Å²) in [5, 5.41) is 0. The van der Waals surface area contributed by atoms with Crippen molar-refractivity contribution in [1.29, 1.82) is 0 Å². The van der Waals surface area contributed by atoms with E-state index in [2.05, 4.69) is 45.1 Å². The van der Waals surface area contributed by atoms with E-state index >= 15 is 0 Å². The van der Waals surface area contributed by atoms with Gasteiger partial charge in [0.2, 0.25) is 0 Å². The van der Waals surface area contributed by atoms with E-state index < -0.39 is 6.10 Å². The monoisotopic (exact) mass is 1140 g/mol. The van der Waals surface area contributed by atoms with Gasteiger partial charge in [-0.1, -0.05) is 373 Å². The Labute approximate surface area is 506 Å². The van der Waals surface area contributed by atoms with Gasteiger partial charge in [0.05, 0.1) is 0 Å². The average Bonchev–Trinajstić information content (AvgIpc) is 3.47. The third-order valence-corrected chi connectivity index (χ3v) is 17.0. The van der Waals surface area contributed by atoms with E-state index in [1.54, 1.807) is 0 Å². The Morgan fingerprint density at radius 3 is 0.691 bits per heavy atom. The lowest BCUT2D eigenvalue weighted by molar-refractivity contribution is -0.167. The topological polar surface area (TPSA) is 78.9 Å².